The van der Waals surface area contributed by atoms with Crippen LogP contribution in [0.4, 0.5) is 4.39 Å². The standard InChI is InChI=1S/C22H22FN5O2/c1-15-24-25-21(30-15)14-27(2)12-17-13-28(19-7-9-20(29-3)10-8-19)26-22(17)16-5-4-6-18(23)11-16/h4-11,13H,12,14H2,1-3H3. The van der Waals surface area contributed by atoms with Crippen molar-refractivity contribution in [3.8, 4) is 22.7 Å². The van der Waals surface area contributed by atoms with Gasteiger partial charge in [-0.2, -0.15) is 5.10 Å². The molecule has 0 saturated carbocycles. The van der Waals surface area contributed by atoms with Gasteiger partial charge in [-0.25, -0.2) is 9.07 Å². The number of rotatable bonds is 7. The summed E-state index contributed by atoms with van der Waals surface area (Å²) in [5.74, 6) is 1.55. The van der Waals surface area contributed by atoms with Crippen LogP contribution in [0.15, 0.2) is 59.1 Å². The van der Waals surface area contributed by atoms with E-state index in [9.17, 15) is 4.39 Å². The Morgan fingerprint density at radius 2 is 1.90 bits per heavy atom. The normalized spacial score (nSPS) is 11.2. The molecule has 0 radical (unpaired) electrons. The van der Waals surface area contributed by atoms with Crippen molar-refractivity contribution in [2.75, 3.05) is 14.2 Å². The maximum Gasteiger partial charge on any atom is 0.230 e. The predicted octanol–water partition coefficient (Wildman–Crippen LogP) is 4.01. The fourth-order valence-corrected chi connectivity index (χ4v) is 3.25. The summed E-state index contributed by atoms with van der Waals surface area (Å²) >= 11 is 0. The highest BCUT2D eigenvalue weighted by Gasteiger charge is 2.16. The maximum absolute atomic E-state index is 13.9. The Hall–Kier alpha value is -3.52. The van der Waals surface area contributed by atoms with Crippen molar-refractivity contribution in [3.05, 3.63) is 77.9 Å². The number of nitrogens with zero attached hydrogens (tertiary/aromatic N) is 5. The molecule has 0 aliphatic rings. The summed E-state index contributed by atoms with van der Waals surface area (Å²) in [6, 6.07) is 14.1. The fraction of sp³-hybridized carbons (Fsp3) is 0.227. The van der Waals surface area contributed by atoms with E-state index in [4.69, 9.17) is 14.3 Å². The molecule has 154 valence electrons. The molecule has 0 aliphatic heterocycles. The Balaban J connectivity index is 1.66. The van der Waals surface area contributed by atoms with Crippen molar-refractivity contribution in [1.29, 1.82) is 0 Å². The SMILES string of the molecule is COc1ccc(-n2cc(CN(C)Cc3nnc(C)o3)c(-c3cccc(F)c3)n2)cc1. The van der Waals surface area contributed by atoms with Crippen molar-refractivity contribution >= 4 is 0 Å². The zero-order valence-corrected chi connectivity index (χ0v) is 17.0. The number of halogens is 1. The fourth-order valence-electron chi connectivity index (χ4n) is 3.25. The number of ether oxygens (including phenoxy) is 1. The minimum Gasteiger partial charge on any atom is -0.497 e. The van der Waals surface area contributed by atoms with Gasteiger partial charge in [0.2, 0.25) is 11.8 Å². The summed E-state index contributed by atoms with van der Waals surface area (Å²) < 4.78 is 26.4. The minimum absolute atomic E-state index is 0.299. The van der Waals surface area contributed by atoms with Crippen molar-refractivity contribution < 1.29 is 13.5 Å². The quantitative estimate of drug-likeness (QED) is 0.461. The van der Waals surface area contributed by atoms with E-state index in [1.54, 1.807) is 24.8 Å². The molecule has 0 saturated heterocycles. The Bertz CT molecular complexity index is 1140. The largest absolute Gasteiger partial charge is 0.497 e. The molecule has 4 aromatic rings. The summed E-state index contributed by atoms with van der Waals surface area (Å²) in [6.07, 6.45) is 1.96. The lowest BCUT2D eigenvalue weighted by molar-refractivity contribution is 0.279. The van der Waals surface area contributed by atoms with E-state index >= 15 is 0 Å². The van der Waals surface area contributed by atoms with Crippen LogP contribution in [0.3, 0.4) is 0 Å². The van der Waals surface area contributed by atoms with E-state index in [0.29, 0.717) is 24.9 Å². The summed E-state index contributed by atoms with van der Waals surface area (Å²) in [7, 11) is 3.59. The van der Waals surface area contributed by atoms with Crippen molar-refractivity contribution in [1.82, 2.24) is 24.9 Å². The molecule has 0 atom stereocenters. The van der Waals surface area contributed by atoms with Gasteiger partial charge in [0.25, 0.3) is 0 Å². The first-order valence-corrected chi connectivity index (χ1v) is 9.48. The Kier molecular flexibility index (Phi) is 5.58. The second-order valence-corrected chi connectivity index (χ2v) is 7.04. The summed E-state index contributed by atoms with van der Waals surface area (Å²) in [5.41, 5.74) is 3.28. The Labute approximate surface area is 173 Å². The van der Waals surface area contributed by atoms with Crippen LogP contribution < -0.4 is 4.74 Å². The van der Waals surface area contributed by atoms with Gasteiger partial charge in [0.05, 0.1) is 25.0 Å². The Morgan fingerprint density at radius 1 is 1.10 bits per heavy atom. The number of aromatic nitrogens is 4. The van der Waals surface area contributed by atoms with Gasteiger partial charge in [-0.15, -0.1) is 10.2 Å². The lowest BCUT2D eigenvalue weighted by Crippen LogP contribution is -2.17. The van der Waals surface area contributed by atoms with Gasteiger partial charge < -0.3 is 9.15 Å². The molecule has 0 unspecified atom stereocenters. The van der Waals surface area contributed by atoms with Crippen LogP contribution in [0.2, 0.25) is 0 Å². The molecule has 2 heterocycles. The van der Waals surface area contributed by atoms with Crippen LogP contribution >= 0.6 is 0 Å². The smallest absolute Gasteiger partial charge is 0.230 e. The lowest BCUT2D eigenvalue weighted by Gasteiger charge is -2.14. The van der Waals surface area contributed by atoms with E-state index in [0.717, 1.165) is 28.3 Å². The molecule has 30 heavy (non-hydrogen) atoms. The van der Waals surface area contributed by atoms with Crippen LogP contribution in [0.1, 0.15) is 17.3 Å². The average molecular weight is 407 g/mol. The number of hydrogen-bond acceptors (Lipinski definition) is 6. The highest BCUT2D eigenvalue weighted by molar-refractivity contribution is 5.63. The zero-order valence-electron chi connectivity index (χ0n) is 17.0. The summed E-state index contributed by atoms with van der Waals surface area (Å²) in [4.78, 5) is 2.05. The van der Waals surface area contributed by atoms with Gasteiger partial charge in [0.15, 0.2) is 0 Å². The minimum atomic E-state index is -0.299. The van der Waals surface area contributed by atoms with Crippen LogP contribution in [0, 0.1) is 12.7 Å². The monoisotopic (exact) mass is 407 g/mol. The third-order valence-electron chi connectivity index (χ3n) is 4.64. The predicted molar refractivity (Wildman–Crippen MR) is 110 cm³/mol. The maximum atomic E-state index is 13.9. The lowest BCUT2D eigenvalue weighted by atomic mass is 10.1. The van der Waals surface area contributed by atoms with Gasteiger partial charge in [0.1, 0.15) is 11.6 Å². The number of aryl methyl sites for hydroxylation is 1. The van der Waals surface area contributed by atoms with Crippen LogP contribution in [-0.2, 0) is 13.1 Å². The molecule has 0 aliphatic carbocycles. The third kappa shape index (κ3) is 4.38. The summed E-state index contributed by atoms with van der Waals surface area (Å²) in [5, 5.41) is 12.7. The van der Waals surface area contributed by atoms with Gasteiger partial charge in [-0.05, 0) is 43.4 Å². The average Bonchev–Trinajstić information content (AvgIpc) is 3.34. The zero-order chi connectivity index (χ0) is 21.1. The van der Waals surface area contributed by atoms with E-state index in [2.05, 4.69) is 10.2 Å². The van der Waals surface area contributed by atoms with Crippen LogP contribution in [-0.4, -0.2) is 39.0 Å². The second-order valence-electron chi connectivity index (χ2n) is 7.04. The molecule has 0 amide bonds. The second kappa shape index (κ2) is 8.46. The molecular weight excluding hydrogens is 385 g/mol. The first-order valence-electron chi connectivity index (χ1n) is 9.48. The molecule has 2 aromatic carbocycles. The first-order chi connectivity index (χ1) is 14.5. The summed E-state index contributed by atoms with van der Waals surface area (Å²) in [6.45, 7) is 2.83. The molecule has 8 heteroatoms. The van der Waals surface area contributed by atoms with E-state index in [1.165, 1.54) is 12.1 Å². The third-order valence-corrected chi connectivity index (χ3v) is 4.64. The van der Waals surface area contributed by atoms with E-state index < -0.39 is 0 Å². The number of methoxy groups -OCH3 is 1. The van der Waals surface area contributed by atoms with Crippen LogP contribution in [0.25, 0.3) is 16.9 Å². The molecule has 0 bridgehead atoms. The van der Waals surface area contributed by atoms with Crippen molar-refractivity contribution in [2.24, 2.45) is 0 Å². The van der Waals surface area contributed by atoms with Gasteiger partial charge >= 0.3 is 0 Å². The van der Waals surface area contributed by atoms with Crippen molar-refractivity contribution in [2.45, 2.75) is 20.0 Å². The number of hydrogen-bond donors (Lipinski definition) is 0. The molecule has 0 spiro atoms. The first kappa shape index (κ1) is 19.8. The van der Waals surface area contributed by atoms with Gasteiger partial charge in [0, 0.05) is 30.8 Å². The van der Waals surface area contributed by atoms with Crippen molar-refractivity contribution in [3.63, 3.8) is 0 Å². The van der Waals surface area contributed by atoms with Gasteiger partial charge in [-0.1, -0.05) is 12.1 Å². The molecule has 0 fully saturated rings. The molecule has 2 aromatic heterocycles. The highest BCUT2D eigenvalue weighted by Crippen LogP contribution is 2.26. The number of benzene rings is 2. The molecule has 0 N–H and O–H groups in total. The molecule has 7 nitrogen and oxygen atoms in total. The molecular formula is C22H22FN5O2. The Morgan fingerprint density at radius 3 is 2.57 bits per heavy atom. The van der Waals surface area contributed by atoms with Crippen LogP contribution in [0.5, 0.6) is 5.75 Å². The van der Waals surface area contributed by atoms with Gasteiger partial charge in [-0.3, -0.25) is 4.90 Å². The van der Waals surface area contributed by atoms with E-state index in [-0.39, 0.29) is 5.82 Å². The topological polar surface area (TPSA) is 69.2 Å². The highest BCUT2D eigenvalue weighted by atomic mass is 19.1. The van der Waals surface area contributed by atoms with E-state index in [1.807, 2.05) is 48.5 Å². The molecule has 4 rings (SSSR count).